The number of halogens is 5. The lowest BCUT2D eigenvalue weighted by Crippen LogP contribution is -2.09. The van der Waals surface area contributed by atoms with E-state index in [0.717, 1.165) is 10.7 Å². The van der Waals surface area contributed by atoms with Crippen LogP contribution in [0.5, 0.6) is 0 Å². The van der Waals surface area contributed by atoms with Gasteiger partial charge in [-0.15, -0.1) is 5.10 Å². The number of benzene rings is 1. The van der Waals surface area contributed by atoms with Crippen molar-refractivity contribution >= 4 is 23.2 Å². The average Bonchev–Trinajstić information content (AvgIpc) is 2.74. The number of aliphatic hydroxyl groups is 1. The predicted molar refractivity (Wildman–Crippen MR) is 71.8 cm³/mol. The van der Waals surface area contributed by atoms with E-state index in [1.807, 2.05) is 0 Å². The van der Waals surface area contributed by atoms with Crippen LogP contribution in [-0.4, -0.2) is 26.2 Å². The molecule has 1 heterocycles. The topological polar surface area (TPSA) is 50.9 Å². The summed E-state index contributed by atoms with van der Waals surface area (Å²) in [5.41, 5.74) is -0.668. The summed E-state index contributed by atoms with van der Waals surface area (Å²) in [7, 11) is 0. The lowest BCUT2D eigenvalue weighted by molar-refractivity contribution is -0.137. The van der Waals surface area contributed by atoms with Gasteiger partial charge in [-0.05, 0) is 19.1 Å². The third-order valence-corrected chi connectivity index (χ3v) is 3.34. The molecule has 0 aliphatic carbocycles. The van der Waals surface area contributed by atoms with Crippen molar-refractivity contribution < 1.29 is 18.3 Å². The van der Waals surface area contributed by atoms with Crippen molar-refractivity contribution in [3.8, 4) is 5.69 Å². The molecule has 1 N–H and O–H groups in total. The number of hydrogen-bond donors (Lipinski definition) is 1. The molecule has 1 atom stereocenters. The third kappa shape index (κ3) is 3.48. The molecule has 0 saturated carbocycles. The molecule has 0 aliphatic heterocycles. The van der Waals surface area contributed by atoms with Gasteiger partial charge in [-0.3, -0.25) is 0 Å². The number of rotatable bonds is 3. The molecule has 1 aromatic carbocycles. The zero-order chi connectivity index (χ0) is 15.8. The van der Waals surface area contributed by atoms with E-state index >= 15 is 0 Å². The number of aliphatic hydroxyl groups excluding tert-OH is 1. The van der Waals surface area contributed by atoms with Gasteiger partial charge in [0.25, 0.3) is 0 Å². The Morgan fingerprint density at radius 1 is 1.33 bits per heavy atom. The quantitative estimate of drug-likeness (QED) is 0.930. The highest BCUT2D eigenvalue weighted by atomic mass is 35.5. The first kappa shape index (κ1) is 16.1. The zero-order valence-corrected chi connectivity index (χ0v) is 12.2. The number of hydrogen-bond acceptors (Lipinski definition) is 3. The zero-order valence-electron chi connectivity index (χ0n) is 10.7. The summed E-state index contributed by atoms with van der Waals surface area (Å²) in [5.74, 6) is 0. The Bertz CT molecular complexity index is 656. The maximum absolute atomic E-state index is 12.9. The fourth-order valence-electron chi connectivity index (χ4n) is 1.79. The van der Waals surface area contributed by atoms with Crippen LogP contribution >= 0.6 is 23.2 Å². The molecule has 0 amide bonds. The van der Waals surface area contributed by atoms with Crippen LogP contribution < -0.4 is 0 Å². The van der Waals surface area contributed by atoms with Gasteiger partial charge in [-0.1, -0.05) is 28.4 Å². The van der Waals surface area contributed by atoms with E-state index in [1.54, 1.807) is 6.92 Å². The number of alkyl halides is 3. The maximum Gasteiger partial charge on any atom is 0.419 e. The Hall–Kier alpha value is -1.31. The molecule has 1 aromatic heterocycles. The second-order valence-electron chi connectivity index (χ2n) is 4.46. The average molecular weight is 340 g/mol. The van der Waals surface area contributed by atoms with E-state index in [4.69, 9.17) is 23.2 Å². The summed E-state index contributed by atoms with van der Waals surface area (Å²) in [5, 5.41) is 15.7. The molecule has 0 spiro atoms. The Kier molecular flexibility index (Phi) is 4.46. The van der Waals surface area contributed by atoms with Gasteiger partial charge in [0.15, 0.2) is 0 Å². The summed E-state index contributed by atoms with van der Waals surface area (Å²) in [4.78, 5) is 0. The fraction of sp³-hybridized carbons (Fsp3) is 0.333. The highest BCUT2D eigenvalue weighted by molar-refractivity contribution is 6.37. The maximum atomic E-state index is 12.9. The molecule has 21 heavy (non-hydrogen) atoms. The Morgan fingerprint density at radius 3 is 2.57 bits per heavy atom. The minimum atomic E-state index is -4.67. The second-order valence-corrected chi connectivity index (χ2v) is 5.25. The van der Waals surface area contributed by atoms with Crippen molar-refractivity contribution in [3.05, 3.63) is 39.6 Å². The summed E-state index contributed by atoms with van der Waals surface area (Å²) in [6.45, 7) is 1.57. The SMILES string of the molecule is CC(O)Cc1cn(-c2ccc(Cl)c(C(F)(F)F)c2Cl)nn1. The van der Waals surface area contributed by atoms with Crippen LogP contribution in [0.25, 0.3) is 5.69 Å². The van der Waals surface area contributed by atoms with Gasteiger partial charge in [0.2, 0.25) is 0 Å². The van der Waals surface area contributed by atoms with Crippen molar-refractivity contribution in [1.82, 2.24) is 15.0 Å². The molecule has 0 saturated heterocycles. The minimum absolute atomic E-state index is 0.0118. The lowest BCUT2D eigenvalue weighted by atomic mass is 10.2. The Morgan fingerprint density at radius 2 is 2.00 bits per heavy atom. The first-order valence-corrected chi connectivity index (χ1v) is 6.60. The molecule has 4 nitrogen and oxygen atoms in total. The van der Waals surface area contributed by atoms with Crippen molar-refractivity contribution in [2.75, 3.05) is 0 Å². The first-order valence-electron chi connectivity index (χ1n) is 5.85. The molecule has 2 aromatic rings. The van der Waals surface area contributed by atoms with Gasteiger partial charge in [-0.25, -0.2) is 4.68 Å². The van der Waals surface area contributed by atoms with Crippen LogP contribution in [0.4, 0.5) is 13.2 Å². The van der Waals surface area contributed by atoms with Gasteiger partial charge in [0, 0.05) is 6.42 Å². The summed E-state index contributed by atoms with van der Waals surface area (Å²) in [6, 6.07) is 2.42. The molecule has 0 fully saturated rings. The summed E-state index contributed by atoms with van der Waals surface area (Å²) < 4.78 is 39.9. The molecule has 1 unspecified atom stereocenters. The molecule has 0 aliphatic rings. The molecule has 114 valence electrons. The molecule has 0 bridgehead atoms. The first-order chi connectivity index (χ1) is 9.70. The highest BCUT2D eigenvalue weighted by Crippen LogP contribution is 2.41. The smallest absolute Gasteiger partial charge is 0.393 e. The second kappa shape index (κ2) is 5.82. The lowest BCUT2D eigenvalue weighted by Gasteiger charge is -2.13. The van der Waals surface area contributed by atoms with Crippen LogP contribution in [0.15, 0.2) is 18.3 Å². The largest absolute Gasteiger partial charge is 0.419 e. The van der Waals surface area contributed by atoms with E-state index in [1.165, 1.54) is 12.3 Å². The van der Waals surface area contributed by atoms with Crippen LogP contribution in [-0.2, 0) is 12.6 Å². The monoisotopic (exact) mass is 339 g/mol. The van der Waals surface area contributed by atoms with Crippen molar-refractivity contribution in [2.45, 2.75) is 25.6 Å². The normalized spacial score (nSPS) is 13.5. The summed E-state index contributed by atoms with van der Waals surface area (Å²) in [6.07, 6.45) is -3.67. The predicted octanol–water partition coefficient (Wildman–Crippen LogP) is 3.52. The molecule has 0 radical (unpaired) electrons. The van der Waals surface area contributed by atoms with E-state index < -0.39 is 27.9 Å². The van der Waals surface area contributed by atoms with Crippen LogP contribution in [0.1, 0.15) is 18.2 Å². The summed E-state index contributed by atoms with van der Waals surface area (Å²) >= 11 is 11.4. The van der Waals surface area contributed by atoms with E-state index in [9.17, 15) is 18.3 Å². The number of nitrogens with zero attached hydrogens (tertiary/aromatic N) is 3. The minimum Gasteiger partial charge on any atom is -0.393 e. The van der Waals surface area contributed by atoms with Gasteiger partial charge >= 0.3 is 6.18 Å². The highest BCUT2D eigenvalue weighted by Gasteiger charge is 2.37. The van der Waals surface area contributed by atoms with E-state index in [2.05, 4.69) is 10.3 Å². The molecular formula is C12H10Cl2F3N3O. The molecule has 9 heteroatoms. The molecule has 2 rings (SSSR count). The third-order valence-electron chi connectivity index (χ3n) is 2.65. The van der Waals surface area contributed by atoms with E-state index in [0.29, 0.717) is 5.69 Å². The fourth-order valence-corrected chi connectivity index (χ4v) is 2.46. The van der Waals surface area contributed by atoms with Crippen LogP contribution in [0.2, 0.25) is 10.0 Å². The van der Waals surface area contributed by atoms with Gasteiger partial charge in [0.05, 0.1) is 39.3 Å². The van der Waals surface area contributed by atoms with E-state index in [-0.39, 0.29) is 12.1 Å². The van der Waals surface area contributed by atoms with Gasteiger partial charge in [0.1, 0.15) is 0 Å². The van der Waals surface area contributed by atoms with Crippen molar-refractivity contribution in [1.29, 1.82) is 0 Å². The van der Waals surface area contributed by atoms with Crippen molar-refractivity contribution in [3.63, 3.8) is 0 Å². The van der Waals surface area contributed by atoms with Crippen LogP contribution in [0, 0.1) is 0 Å². The van der Waals surface area contributed by atoms with Crippen LogP contribution in [0.3, 0.4) is 0 Å². The van der Waals surface area contributed by atoms with Crippen molar-refractivity contribution in [2.24, 2.45) is 0 Å². The molecular weight excluding hydrogens is 330 g/mol. The Balaban J connectivity index is 2.48. The number of aromatic nitrogens is 3. The Labute approximate surface area is 128 Å². The standard InChI is InChI=1S/C12H10Cl2F3N3O/c1-6(21)4-7-5-20(19-18-7)9-3-2-8(13)10(11(9)14)12(15,16)17/h2-3,5-6,21H,4H2,1H3. The van der Waals surface area contributed by atoms with Gasteiger partial charge < -0.3 is 5.11 Å². The van der Waals surface area contributed by atoms with Gasteiger partial charge in [-0.2, -0.15) is 13.2 Å².